The molecule has 0 bridgehead atoms. The standard InChI is InChI=1S/C19H20Cl2N2O3/c20-15-9-16(21)11-18(10-15)26-13-19(24)22-17-3-1-14(2-4-17)12-23-5-7-25-8-6-23/h1-4,9-11H,5-8,12-13H2,(H,22,24). The van der Waals surface area contributed by atoms with E-state index in [9.17, 15) is 4.79 Å². The van der Waals surface area contributed by atoms with Crippen LogP contribution in [0.5, 0.6) is 5.75 Å². The van der Waals surface area contributed by atoms with E-state index >= 15 is 0 Å². The van der Waals surface area contributed by atoms with Crippen molar-refractivity contribution >= 4 is 34.8 Å². The number of hydrogen-bond acceptors (Lipinski definition) is 4. The molecule has 7 heteroatoms. The maximum Gasteiger partial charge on any atom is 0.262 e. The Balaban J connectivity index is 1.47. The van der Waals surface area contributed by atoms with E-state index in [0.29, 0.717) is 15.8 Å². The molecule has 5 nitrogen and oxygen atoms in total. The second-order valence-corrected chi connectivity index (χ2v) is 6.90. The summed E-state index contributed by atoms with van der Waals surface area (Å²) in [6, 6.07) is 12.6. The fraction of sp³-hybridized carbons (Fsp3) is 0.316. The minimum atomic E-state index is -0.248. The Morgan fingerprint density at radius 2 is 1.73 bits per heavy atom. The summed E-state index contributed by atoms with van der Waals surface area (Å²) in [5, 5.41) is 3.73. The van der Waals surface area contributed by atoms with Gasteiger partial charge in [0, 0.05) is 35.4 Å². The molecule has 1 aliphatic rings. The lowest BCUT2D eigenvalue weighted by molar-refractivity contribution is -0.118. The molecule has 0 radical (unpaired) electrons. The molecule has 26 heavy (non-hydrogen) atoms. The van der Waals surface area contributed by atoms with Gasteiger partial charge in [0.1, 0.15) is 5.75 Å². The summed E-state index contributed by atoms with van der Waals surface area (Å²) in [6.07, 6.45) is 0. The Morgan fingerprint density at radius 3 is 2.38 bits per heavy atom. The van der Waals surface area contributed by atoms with E-state index in [0.717, 1.165) is 38.5 Å². The molecule has 1 saturated heterocycles. The first kappa shape index (κ1) is 19.0. The monoisotopic (exact) mass is 394 g/mol. The van der Waals surface area contributed by atoms with Gasteiger partial charge in [-0.05, 0) is 35.9 Å². The van der Waals surface area contributed by atoms with Crippen LogP contribution in [0, 0.1) is 0 Å². The number of rotatable bonds is 6. The van der Waals surface area contributed by atoms with Gasteiger partial charge in [0.25, 0.3) is 5.91 Å². The zero-order valence-electron chi connectivity index (χ0n) is 14.2. The molecule has 1 N–H and O–H groups in total. The maximum atomic E-state index is 12.0. The molecule has 138 valence electrons. The minimum absolute atomic E-state index is 0.119. The molecule has 0 spiro atoms. The van der Waals surface area contributed by atoms with Crippen molar-refractivity contribution in [3.05, 3.63) is 58.1 Å². The third-order valence-corrected chi connectivity index (χ3v) is 4.39. The molecule has 0 saturated carbocycles. The van der Waals surface area contributed by atoms with Gasteiger partial charge < -0.3 is 14.8 Å². The number of ether oxygens (including phenoxy) is 2. The number of amides is 1. The van der Waals surface area contributed by atoms with Crippen molar-refractivity contribution in [2.24, 2.45) is 0 Å². The number of nitrogens with zero attached hydrogens (tertiary/aromatic N) is 1. The summed E-state index contributed by atoms with van der Waals surface area (Å²) < 4.78 is 10.8. The summed E-state index contributed by atoms with van der Waals surface area (Å²) >= 11 is 11.8. The maximum absolute atomic E-state index is 12.0. The molecule has 2 aromatic carbocycles. The lowest BCUT2D eigenvalue weighted by atomic mass is 10.2. The van der Waals surface area contributed by atoms with Crippen LogP contribution < -0.4 is 10.1 Å². The van der Waals surface area contributed by atoms with Crippen molar-refractivity contribution in [2.75, 3.05) is 38.2 Å². The molecule has 2 aromatic rings. The Hall–Kier alpha value is -1.79. The van der Waals surface area contributed by atoms with Gasteiger partial charge in [-0.3, -0.25) is 9.69 Å². The molecule has 0 atom stereocenters. The third kappa shape index (κ3) is 5.88. The van der Waals surface area contributed by atoms with Crippen molar-refractivity contribution in [1.82, 2.24) is 4.90 Å². The quantitative estimate of drug-likeness (QED) is 0.808. The average molecular weight is 395 g/mol. The number of benzene rings is 2. The van der Waals surface area contributed by atoms with Crippen molar-refractivity contribution < 1.29 is 14.3 Å². The summed E-state index contributed by atoms with van der Waals surface area (Å²) in [7, 11) is 0. The molecule has 1 aliphatic heterocycles. The predicted molar refractivity (Wildman–Crippen MR) is 103 cm³/mol. The molecule has 3 rings (SSSR count). The van der Waals surface area contributed by atoms with Gasteiger partial charge >= 0.3 is 0 Å². The largest absolute Gasteiger partial charge is 0.484 e. The van der Waals surface area contributed by atoms with Crippen LogP contribution in [0.4, 0.5) is 5.69 Å². The Bertz CT molecular complexity index is 727. The zero-order chi connectivity index (χ0) is 18.4. The number of anilines is 1. The normalized spacial score (nSPS) is 14.8. The third-order valence-electron chi connectivity index (χ3n) is 3.95. The highest BCUT2D eigenvalue weighted by Gasteiger charge is 2.11. The van der Waals surface area contributed by atoms with E-state index in [-0.39, 0.29) is 12.5 Å². The van der Waals surface area contributed by atoms with Gasteiger partial charge in [-0.2, -0.15) is 0 Å². The zero-order valence-corrected chi connectivity index (χ0v) is 15.7. The van der Waals surface area contributed by atoms with Crippen LogP contribution in [-0.2, 0) is 16.1 Å². The first-order valence-corrected chi connectivity index (χ1v) is 9.12. The molecule has 0 aliphatic carbocycles. The first-order chi connectivity index (χ1) is 12.6. The van der Waals surface area contributed by atoms with Gasteiger partial charge in [-0.1, -0.05) is 35.3 Å². The molecule has 1 fully saturated rings. The van der Waals surface area contributed by atoms with Gasteiger partial charge in [-0.25, -0.2) is 0 Å². The van der Waals surface area contributed by atoms with Crippen LogP contribution in [0.1, 0.15) is 5.56 Å². The van der Waals surface area contributed by atoms with Gasteiger partial charge in [0.2, 0.25) is 0 Å². The predicted octanol–water partition coefficient (Wildman–Crippen LogP) is 3.84. The summed E-state index contributed by atoms with van der Waals surface area (Å²) in [6.45, 7) is 4.23. The SMILES string of the molecule is O=C(COc1cc(Cl)cc(Cl)c1)Nc1ccc(CN2CCOCC2)cc1. The van der Waals surface area contributed by atoms with E-state index in [1.807, 2.05) is 24.3 Å². The van der Waals surface area contributed by atoms with Crippen molar-refractivity contribution in [3.63, 3.8) is 0 Å². The first-order valence-electron chi connectivity index (χ1n) is 8.36. The fourth-order valence-corrected chi connectivity index (χ4v) is 3.17. The minimum Gasteiger partial charge on any atom is -0.484 e. The molecule has 1 amide bonds. The molecule has 0 unspecified atom stereocenters. The highest BCUT2D eigenvalue weighted by molar-refractivity contribution is 6.34. The second-order valence-electron chi connectivity index (χ2n) is 6.03. The summed E-state index contributed by atoms with van der Waals surface area (Å²) in [5.74, 6) is 0.209. The van der Waals surface area contributed by atoms with Gasteiger partial charge in [-0.15, -0.1) is 0 Å². The number of morpholine rings is 1. The topological polar surface area (TPSA) is 50.8 Å². The van der Waals surface area contributed by atoms with Crippen molar-refractivity contribution in [2.45, 2.75) is 6.54 Å². The molecular formula is C19H20Cl2N2O3. The van der Waals surface area contributed by atoms with Crippen molar-refractivity contribution in [1.29, 1.82) is 0 Å². The summed E-state index contributed by atoms with van der Waals surface area (Å²) in [5.41, 5.74) is 1.93. The lowest BCUT2D eigenvalue weighted by Gasteiger charge is -2.26. The van der Waals surface area contributed by atoms with Crippen LogP contribution in [-0.4, -0.2) is 43.7 Å². The highest BCUT2D eigenvalue weighted by atomic mass is 35.5. The van der Waals surface area contributed by atoms with Crippen molar-refractivity contribution in [3.8, 4) is 5.75 Å². The molecule has 1 heterocycles. The van der Waals surface area contributed by atoms with Gasteiger partial charge in [0.15, 0.2) is 6.61 Å². The molecular weight excluding hydrogens is 375 g/mol. The summed E-state index contributed by atoms with van der Waals surface area (Å²) in [4.78, 5) is 14.4. The second kappa shape index (κ2) is 9.24. The van der Waals surface area contributed by atoms with E-state index < -0.39 is 0 Å². The average Bonchev–Trinajstić information content (AvgIpc) is 2.62. The number of nitrogens with one attached hydrogen (secondary N) is 1. The fourth-order valence-electron chi connectivity index (χ4n) is 2.67. The van der Waals surface area contributed by atoms with E-state index in [1.165, 1.54) is 5.56 Å². The smallest absolute Gasteiger partial charge is 0.262 e. The molecule has 0 aromatic heterocycles. The van der Waals surface area contributed by atoms with E-state index in [1.54, 1.807) is 18.2 Å². The van der Waals surface area contributed by atoms with Crippen LogP contribution >= 0.6 is 23.2 Å². The Morgan fingerprint density at radius 1 is 1.08 bits per heavy atom. The lowest BCUT2D eigenvalue weighted by Crippen LogP contribution is -2.35. The number of carbonyl (C=O) groups is 1. The van der Waals surface area contributed by atoms with Crippen LogP contribution in [0.25, 0.3) is 0 Å². The number of halogens is 2. The number of carbonyl (C=O) groups excluding carboxylic acids is 1. The van der Waals surface area contributed by atoms with Gasteiger partial charge in [0.05, 0.1) is 13.2 Å². The highest BCUT2D eigenvalue weighted by Crippen LogP contribution is 2.24. The number of hydrogen-bond donors (Lipinski definition) is 1. The van der Waals surface area contributed by atoms with Crippen LogP contribution in [0.3, 0.4) is 0 Å². The van der Waals surface area contributed by atoms with E-state index in [4.69, 9.17) is 32.7 Å². The van der Waals surface area contributed by atoms with E-state index in [2.05, 4.69) is 10.2 Å². The Labute approximate surface area is 162 Å². The van der Waals surface area contributed by atoms with Crippen LogP contribution in [0.2, 0.25) is 10.0 Å². The Kier molecular flexibility index (Phi) is 6.74. The van der Waals surface area contributed by atoms with Crippen LogP contribution in [0.15, 0.2) is 42.5 Å².